The summed E-state index contributed by atoms with van der Waals surface area (Å²) in [5.74, 6) is 0. The fourth-order valence-electron chi connectivity index (χ4n) is 2.30. The van der Waals surface area contributed by atoms with Crippen LogP contribution in [-0.4, -0.2) is 56.5 Å². The van der Waals surface area contributed by atoms with Gasteiger partial charge >= 0.3 is 12.1 Å². The molecule has 23 heavy (non-hydrogen) atoms. The number of rotatable bonds is 3. The van der Waals surface area contributed by atoms with Gasteiger partial charge in [-0.2, -0.15) is 0 Å². The van der Waals surface area contributed by atoms with E-state index in [0.717, 1.165) is 0 Å². The zero-order valence-corrected chi connectivity index (χ0v) is 13.7. The summed E-state index contributed by atoms with van der Waals surface area (Å²) in [5.41, 5.74) is 1.37. The average Bonchev–Trinajstić information content (AvgIpc) is 2.55. The second kappa shape index (κ2) is 7.82. The molecule has 1 fully saturated rings. The molecule has 0 unspecified atom stereocenters. The van der Waals surface area contributed by atoms with Gasteiger partial charge in [0.05, 0.1) is 19.3 Å². The van der Waals surface area contributed by atoms with E-state index in [9.17, 15) is 9.59 Å². The van der Waals surface area contributed by atoms with Crippen LogP contribution in [-0.2, 0) is 9.47 Å². The summed E-state index contributed by atoms with van der Waals surface area (Å²) in [6, 6.07) is 6.88. The number of nitrogens with one attached hydrogen (secondary N) is 1. The number of urea groups is 1. The molecule has 3 amide bonds. The van der Waals surface area contributed by atoms with E-state index >= 15 is 0 Å². The van der Waals surface area contributed by atoms with Crippen molar-refractivity contribution >= 4 is 23.5 Å². The third kappa shape index (κ3) is 4.59. The third-order valence-corrected chi connectivity index (χ3v) is 3.58. The first-order chi connectivity index (χ1) is 11.0. The van der Waals surface area contributed by atoms with Crippen LogP contribution in [0.15, 0.2) is 24.3 Å². The quantitative estimate of drug-likeness (QED) is 0.928. The van der Waals surface area contributed by atoms with Crippen molar-refractivity contribution in [2.24, 2.45) is 0 Å². The zero-order valence-electron chi connectivity index (χ0n) is 13.7. The molecule has 1 aliphatic rings. The smallest absolute Gasteiger partial charge is 0.413 e. The van der Waals surface area contributed by atoms with Gasteiger partial charge in [0.1, 0.15) is 0 Å². The molecule has 7 nitrogen and oxygen atoms in total. The number of amides is 3. The second-order valence-electron chi connectivity index (χ2n) is 5.36. The normalized spacial score (nSPS) is 17.5. The first kappa shape index (κ1) is 17.1. The summed E-state index contributed by atoms with van der Waals surface area (Å²) in [6.07, 6.45) is -0.360. The zero-order chi connectivity index (χ0) is 16.8. The van der Waals surface area contributed by atoms with Crippen LogP contribution >= 0.6 is 0 Å². The lowest BCUT2D eigenvalue weighted by Gasteiger charge is -2.31. The van der Waals surface area contributed by atoms with Crippen LogP contribution < -0.4 is 10.2 Å². The highest BCUT2D eigenvalue weighted by atomic mass is 16.6. The highest BCUT2D eigenvalue weighted by molar-refractivity contribution is 5.91. The van der Waals surface area contributed by atoms with E-state index in [0.29, 0.717) is 37.7 Å². The van der Waals surface area contributed by atoms with E-state index < -0.39 is 6.09 Å². The minimum absolute atomic E-state index is 0.0510. The predicted octanol–water partition coefficient (Wildman–Crippen LogP) is 2.53. The van der Waals surface area contributed by atoms with Crippen molar-refractivity contribution in [1.82, 2.24) is 4.90 Å². The topological polar surface area (TPSA) is 71.1 Å². The fourth-order valence-corrected chi connectivity index (χ4v) is 2.30. The maximum atomic E-state index is 12.2. The maximum Gasteiger partial charge on any atom is 0.413 e. The first-order valence-corrected chi connectivity index (χ1v) is 7.69. The van der Waals surface area contributed by atoms with Gasteiger partial charge < -0.3 is 19.7 Å². The Balaban J connectivity index is 1.94. The lowest BCUT2D eigenvalue weighted by Crippen LogP contribution is -2.46. The van der Waals surface area contributed by atoms with Gasteiger partial charge in [-0.25, -0.2) is 9.59 Å². The largest absolute Gasteiger partial charge is 0.449 e. The number of benzene rings is 1. The Bertz CT molecular complexity index is 547. The molecule has 1 aromatic rings. The molecule has 0 saturated carbocycles. The van der Waals surface area contributed by atoms with Gasteiger partial charge in [-0.3, -0.25) is 4.90 Å². The van der Waals surface area contributed by atoms with Gasteiger partial charge in [0, 0.05) is 31.5 Å². The number of hydrogen-bond donors (Lipinski definition) is 1. The standard InChI is InChI=1S/C16H23N3O4/c1-4-22-16(21)18(3)14-7-5-13(6-8-14)17-15(20)19-9-10-23-12(2)11-19/h5-8,12H,4,9-11H2,1-3H3,(H,17,20)/t12-/m1/s1. The summed E-state index contributed by atoms with van der Waals surface area (Å²) < 4.78 is 10.4. The van der Waals surface area contributed by atoms with E-state index in [-0.39, 0.29) is 12.1 Å². The first-order valence-electron chi connectivity index (χ1n) is 7.69. The number of morpholine rings is 1. The molecule has 1 heterocycles. The monoisotopic (exact) mass is 321 g/mol. The van der Waals surface area contributed by atoms with Crippen molar-refractivity contribution < 1.29 is 19.1 Å². The Hall–Kier alpha value is -2.28. The van der Waals surface area contributed by atoms with Gasteiger partial charge in [0.25, 0.3) is 0 Å². The Morgan fingerprint density at radius 3 is 2.70 bits per heavy atom. The predicted molar refractivity (Wildman–Crippen MR) is 87.9 cm³/mol. The molecule has 0 aromatic heterocycles. The van der Waals surface area contributed by atoms with Crippen LogP contribution in [0.1, 0.15) is 13.8 Å². The Morgan fingerprint density at radius 1 is 1.39 bits per heavy atom. The Labute approximate surface area is 136 Å². The highest BCUT2D eigenvalue weighted by Gasteiger charge is 2.21. The third-order valence-electron chi connectivity index (χ3n) is 3.58. The van der Waals surface area contributed by atoms with E-state index in [1.54, 1.807) is 43.1 Å². The van der Waals surface area contributed by atoms with Crippen molar-refractivity contribution in [2.75, 3.05) is 43.6 Å². The maximum absolute atomic E-state index is 12.2. The number of hydrogen-bond acceptors (Lipinski definition) is 4. The van der Waals surface area contributed by atoms with Gasteiger partial charge in [-0.05, 0) is 38.1 Å². The van der Waals surface area contributed by atoms with Crippen LogP contribution in [0.4, 0.5) is 21.0 Å². The van der Waals surface area contributed by atoms with Crippen LogP contribution in [0.25, 0.3) is 0 Å². The number of nitrogens with zero attached hydrogens (tertiary/aromatic N) is 2. The molecule has 0 spiro atoms. The fraction of sp³-hybridized carbons (Fsp3) is 0.500. The van der Waals surface area contributed by atoms with Crippen molar-refractivity contribution in [3.63, 3.8) is 0 Å². The number of ether oxygens (including phenoxy) is 2. The van der Waals surface area contributed by atoms with Gasteiger partial charge in [-0.1, -0.05) is 0 Å². The summed E-state index contributed by atoms with van der Waals surface area (Å²) >= 11 is 0. The van der Waals surface area contributed by atoms with E-state index in [1.807, 2.05) is 6.92 Å². The Morgan fingerprint density at radius 2 is 2.09 bits per heavy atom. The summed E-state index contributed by atoms with van der Waals surface area (Å²) in [6.45, 7) is 5.75. The van der Waals surface area contributed by atoms with E-state index in [4.69, 9.17) is 9.47 Å². The number of carbonyl (C=O) groups is 2. The van der Waals surface area contributed by atoms with Crippen LogP contribution in [0, 0.1) is 0 Å². The molecule has 7 heteroatoms. The molecular formula is C16H23N3O4. The summed E-state index contributed by atoms with van der Waals surface area (Å²) in [7, 11) is 1.64. The molecule has 0 aliphatic carbocycles. The van der Waals surface area contributed by atoms with Crippen molar-refractivity contribution in [3.05, 3.63) is 24.3 Å². The van der Waals surface area contributed by atoms with Crippen molar-refractivity contribution in [1.29, 1.82) is 0 Å². The molecule has 1 saturated heterocycles. The van der Waals surface area contributed by atoms with Crippen LogP contribution in [0.3, 0.4) is 0 Å². The average molecular weight is 321 g/mol. The SMILES string of the molecule is CCOC(=O)N(C)c1ccc(NC(=O)N2CCO[C@H](C)C2)cc1. The molecule has 0 radical (unpaired) electrons. The minimum Gasteiger partial charge on any atom is -0.449 e. The van der Waals surface area contributed by atoms with E-state index in [2.05, 4.69) is 5.32 Å². The van der Waals surface area contributed by atoms with Crippen molar-refractivity contribution in [2.45, 2.75) is 20.0 Å². The lowest BCUT2D eigenvalue weighted by atomic mass is 10.2. The number of anilines is 2. The molecule has 1 aliphatic heterocycles. The van der Waals surface area contributed by atoms with Gasteiger partial charge in [0.15, 0.2) is 0 Å². The molecule has 1 aromatic carbocycles. The highest BCUT2D eigenvalue weighted by Crippen LogP contribution is 2.18. The molecular weight excluding hydrogens is 298 g/mol. The molecule has 126 valence electrons. The summed E-state index contributed by atoms with van der Waals surface area (Å²) in [4.78, 5) is 27.0. The Kier molecular flexibility index (Phi) is 5.81. The van der Waals surface area contributed by atoms with Crippen molar-refractivity contribution in [3.8, 4) is 0 Å². The van der Waals surface area contributed by atoms with Gasteiger partial charge in [-0.15, -0.1) is 0 Å². The minimum atomic E-state index is -0.411. The van der Waals surface area contributed by atoms with Gasteiger partial charge in [0.2, 0.25) is 0 Å². The van der Waals surface area contributed by atoms with Crippen LogP contribution in [0.5, 0.6) is 0 Å². The summed E-state index contributed by atoms with van der Waals surface area (Å²) in [5, 5.41) is 2.85. The number of carbonyl (C=O) groups excluding carboxylic acids is 2. The molecule has 2 rings (SSSR count). The van der Waals surface area contributed by atoms with Crippen LogP contribution in [0.2, 0.25) is 0 Å². The molecule has 1 N–H and O–H groups in total. The molecule has 0 bridgehead atoms. The lowest BCUT2D eigenvalue weighted by molar-refractivity contribution is -0.00138. The van der Waals surface area contributed by atoms with E-state index in [1.165, 1.54) is 4.90 Å². The second-order valence-corrected chi connectivity index (χ2v) is 5.36. The molecule has 1 atom stereocenters.